The van der Waals surface area contributed by atoms with Gasteiger partial charge in [0.15, 0.2) is 5.96 Å². The van der Waals surface area contributed by atoms with E-state index >= 15 is 0 Å². The largest absolute Gasteiger partial charge is 0.356 e. The maximum atomic E-state index is 4.60. The van der Waals surface area contributed by atoms with Crippen molar-refractivity contribution in [3.8, 4) is 0 Å². The van der Waals surface area contributed by atoms with Crippen LogP contribution in [0.3, 0.4) is 0 Å². The lowest BCUT2D eigenvalue weighted by Gasteiger charge is -2.25. The zero-order valence-electron chi connectivity index (χ0n) is 17.0. The second kappa shape index (κ2) is 11.7. The van der Waals surface area contributed by atoms with Gasteiger partial charge in [-0.25, -0.2) is 4.98 Å². The van der Waals surface area contributed by atoms with Gasteiger partial charge in [0.25, 0.3) is 0 Å². The summed E-state index contributed by atoms with van der Waals surface area (Å²) in [4.78, 5) is 11.3. The Labute approximate surface area is 167 Å². The van der Waals surface area contributed by atoms with E-state index in [2.05, 4.69) is 82.1 Å². The Kier molecular flexibility index (Phi) is 9.28. The number of nitrogens with zero attached hydrogens (tertiary/aromatic N) is 3. The molecule has 1 unspecified atom stereocenters. The molecular weight excluding hydrogens is 354 g/mol. The lowest BCUT2D eigenvalue weighted by molar-refractivity contribution is 0.238. The van der Waals surface area contributed by atoms with E-state index in [1.54, 1.807) is 11.3 Å². The molecule has 0 aliphatic heterocycles. The fourth-order valence-electron chi connectivity index (χ4n) is 2.80. The van der Waals surface area contributed by atoms with Gasteiger partial charge in [0.05, 0.1) is 10.7 Å². The van der Waals surface area contributed by atoms with Crippen molar-refractivity contribution in [2.24, 2.45) is 4.99 Å². The minimum atomic E-state index is 0.498. The number of nitrogens with one attached hydrogen (secondary N) is 2. The van der Waals surface area contributed by atoms with Gasteiger partial charge in [0, 0.05) is 44.5 Å². The maximum absolute atomic E-state index is 4.60. The van der Waals surface area contributed by atoms with E-state index in [0.29, 0.717) is 6.04 Å². The summed E-state index contributed by atoms with van der Waals surface area (Å²) in [5.74, 6) is 0.860. The Morgan fingerprint density at radius 1 is 1.22 bits per heavy atom. The molecule has 5 nitrogen and oxygen atoms in total. The number of benzene rings is 1. The predicted molar refractivity (Wildman–Crippen MR) is 117 cm³/mol. The zero-order valence-corrected chi connectivity index (χ0v) is 17.9. The topological polar surface area (TPSA) is 52.6 Å². The van der Waals surface area contributed by atoms with Crippen molar-refractivity contribution in [3.63, 3.8) is 0 Å². The van der Waals surface area contributed by atoms with Crippen LogP contribution in [0.1, 0.15) is 36.5 Å². The third kappa shape index (κ3) is 7.69. The fraction of sp³-hybridized carbons (Fsp3) is 0.524. The molecule has 1 aromatic heterocycles. The van der Waals surface area contributed by atoms with Gasteiger partial charge in [-0.1, -0.05) is 37.3 Å². The molecule has 0 saturated carbocycles. The van der Waals surface area contributed by atoms with E-state index in [4.69, 9.17) is 0 Å². The maximum Gasteiger partial charge on any atom is 0.190 e. The van der Waals surface area contributed by atoms with Crippen LogP contribution in [0.5, 0.6) is 0 Å². The SMILES string of the molecule is CCc1nc(CCNC(=NC)NCCC(C)N(C)Cc2ccccc2)cs1. The van der Waals surface area contributed by atoms with E-state index in [-0.39, 0.29) is 0 Å². The van der Waals surface area contributed by atoms with Gasteiger partial charge in [0.1, 0.15) is 0 Å². The number of hydrogen-bond acceptors (Lipinski definition) is 4. The highest BCUT2D eigenvalue weighted by Crippen LogP contribution is 2.10. The van der Waals surface area contributed by atoms with Crippen LogP contribution >= 0.6 is 11.3 Å². The third-order valence-electron chi connectivity index (χ3n) is 4.68. The van der Waals surface area contributed by atoms with Crippen molar-refractivity contribution >= 4 is 17.3 Å². The van der Waals surface area contributed by atoms with Crippen LogP contribution in [0.4, 0.5) is 0 Å². The molecule has 2 aromatic rings. The molecule has 0 spiro atoms. The van der Waals surface area contributed by atoms with Gasteiger partial charge in [0.2, 0.25) is 0 Å². The van der Waals surface area contributed by atoms with Crippen LogP contribution in [0.2, 0.25) is 0 Å². The van der Waals surface area contributed by atoms with Gasteiger partial charge in [-0.2, -0.15) is 0 Å². The molecule has 0 bridgehead atoms. The van der Waals surface area contributed by atoms with Crippen molar-refractivity contribution < 1.29 is 0 Å². The minimum absolute atomic E-state index is 0.498. The highest BCUT2D eigenvalue weighted by molar-refractivity contribution is 7.09. The lowest BCUT2D eigenvalue weighted by Crippen LogP contribution is -2.40. The van der Waals surface area contributed by atoms with Crippen molar-refractivity contribution in [1.82, 2.24) is 20.5 Å². The van der Waals surface area contributed by atoms with Crippen LogP contribution in [0.15, 0.2) is 40.7 Å². The Morgan fingerprint density at radius 3 is 2.63 bits per heavy atom. The molecule has 148 valence electrons. The van der Waals surface area contributed by atoms with Crippen molar-refractivity contribution in [2.45, 2.75) is 45.7 Å². The summed E-state index contributed by atoms with van der Waals surface area (Å²) in [5, 5.41) is 10.2. The Bertz CT molecular complexity index is 683. The molecule has 1 atom stereocenters. The molecule has 0 aliphatic rings. The Balaban J connectivity index is 1.64. The summed E-state index contributed by atoms with van der Waals surface area (Å²) in [6.45, 7) is 7.13. The number of aliphatic imine (C=N–C) groups is 1. The lowest BCUT2D eigenvalue weighted by atomic mass is 10.1. The molecule has 1 aromatic carbocycles. The van der Waals surface area contributed by atoms with Crippen LogP contribution in [-0.4, -0.2) is 49.1 Å². The van der Waals surface area contributed by atoms with Crippen molar-refractivity contribution in [3.05, 3.63) is 52.0 Å². The van der Waals surface area contributed by atoms with Gasteiger partial charge in [-0.3, -0.25) is 9.89 Å². The van der Waals surface area contributed by atoms with E-state index in [1.807, 2.05) is 7.05 Å². The van der Waals surface area contributed by atoms with E-state index in [9.17, 15) is 0 Å². The quantitative estimate of drug-likeness (QED) is 0.485. The van der Waals surface area contributed by atoms with Gasteiger partial charge in [-0.05, 0) is 32.4 Å². The number of aromatic nitrogens is 1. The highest BCUT2D eigenvalue weighted by atomic mass is 32.1. The average Bonchev–Trinajstić information content (AvgIpc) is 3.15. The first-order chi connectivity index (χ1) is 13.1. The number of rotatable bonds is 10. The normalized spacial score (nSPS) is 13.0. The second-order valence-electron chi connectivity index (χ2n) is 6.80. The zero-order chi connectivity index (χ0) is 19.5. The molecule has 1 heterocycles. The number of aryl methyl sites for hydroxylation is 1. The van der Waals surface area contributed by atoms with Crippen LogP contribution in [-0.2, 0) is 19.4 Å². The van der Waals surface area contributed by atoms with Crippen LogP contribution in [0, 0.1) is 0 Å². The second-order valence-corrected chi connectivity index (χ2v) is 7.74. The molecule has 0 amide bonds. The van der Waals surface area contributed by atoms with Crippen molar-refractivity contribution in [1.29, 1.82) is 0 Å². The molecule has 2 N–H and O–H groups in total. The minimum Gasteiger partial charge on any atom is -0.356 e. The Hall–Kier alpha value is -1.92. The van der Waals surface area contributed by atoms with Crippen molar-refractivity contribution in [2.75, 3.05) is 27.2 Å². The molecule has 0 fully saturated rings. The summed E-state index contributed by atoms with van der Waals surface area (Å²) in [7, 11) is 4.00. The molecule has 0 radical (unpaired) electrons. The summed E-state index contributed by atoms with van der Waals surface area (Å²) in [5.41, 5.74) is 2.52. The number of hydrogen-bond donors (Lipinski definition) is 2. The predicted octanol–water partition coefficient (Wildman–Crippen LogP) is 3.32. The van der Waals surface area contributed by atoms with Gasteiger partial charge >= 0.3 is 0 Å². The molecule has 0 aliphatic carbocycles. The monoisotopic (exact) mass is 387 g/mol. The van der Waals surface area contributed by atoms with Gasteiger partial charge < -0.3 is 10.6 Å². The standard InChI is InChI=1S/C21H33N5S/c1-5-20-25-19(16-27-20)12-14-24-21(22-3)23-13-11-17(2)26(4)15-18-9-7-6-8-10-18/h6-10,16-17H,5,11-15H2,1-4H3,(H2,22,23,24). The third-order valence-corrected chi connectivity index (χ3v) is 5.72. The molecule has 2 rings (SSSR count). The van der Waals surface area contributed by atoms with Crippen LogP contribution < -0.4 is 10.6 Å². The first-order valence-electron chi connectivity index (χ1n) is 9.74. The summed E-state index contributed by atoms with van der Waals surface area (Å²) >= 11 is 1.74. The first-order valence-corrected chi connectivity index (χ1v) is 10.6. The molecule has 6 heteroatoms. The summed E-state index contributed by atoms with van der Waals surface area (Å²) in [6.07, 6.45) is 3.00. The molecule has 0 saturated heterocycles. The van der Waals surface area contributed by atoms with E-state index < -0.39 is 0 Å². The smallest absolute Gasteiger partial charge is 0.190 e. The number of thiazole rings is 1. The number of guanidine groups is 1. The fourth-order valence-corrected chi connectivity index (χ4v) is 3.58. The summed E-state index contributed by atoms with van der Waals surface area (Å²) < 4.78 is 0. The average molecular weight is 388 g/mol. The summed E-state index contributed by atoms with van der Waals surface area (Å²) in [6, 6.07) is 11.1. The first kappa shape index (κ1) is 21.4. The van der Waals surface area contributed by atoms with E-state index in [0.717, 1.165) is 50.6 Å². The van der Waals surface area contributed by atoms with Gasteiger partial charge in [-0.15, -0.1) is 11.3 Å². The molecule has 27 heavy (non-hydrogen) atoms. The Morgan fingerprint density at radius 2 is 1.96 bits per heavy atom. The van der Waals surface area contributed by atoms with E-state index in [1.165, 1.54) is 10.6 Å². The molecular formula is C21H33N5S. The highest BCUT2D eigenvalue weighted by Gasteiger charge is 2.10. The van der Waals surface area contributed by atoms with Crippen LogP contribution in [0.25, 0.3) is 0 Å².